The van der Waals surface area contributed by atoms with Gasteiger partial charge in [-0.25, -0.2) is 0 Å². The maximum absolute atomic E-state index is 10.7. The van der Waals surface area contributed by atoms with Crippen LogP contribution < -0.4 is 0 Å². The summed E-state index contributed by atoms with van der Waals surface area (Å²) in [5.41, 5.74) is -1.14. The van der Waals surface area contributed by atoms with Gasteiger partial charge in [0.2, 0.25) is 0 Å². The van der Waals surface area contributed by atoms with Gasteiger partial charge < -0.3 is 9.53 Å². The number of carbonyl (C=O) groups excluding carboxylic acids is 1. The van der Waals surface area contributed by atoms with Crippen LogP contribution in [0, 0.1) is 0 Å². The summed E-state index contributed by atoms with van der Waals surface area (Å²) in [6.07, 6.45) is 3.69. The smallest absolute Gasteiger partial charge is 0.292 e. The number of carbonyl (C=O) groups is 1. The van der Waals surface area contributed by atoms with E-state index in [0.717, 1.165) is 19.1 Å². The molecule has 0 aliphatic rings. The molecule has 0 spiro atoms. The van der Waals surface area contributed by atoms with Gasteiger partial charge >= 0.3 is 0 Å². The summed E-state index contributed by atoms with van der Waals surface area (Å²) in [5.74, 6) is 0. The standard InChI is InChI=1S/C8H16O5S/c1-13-8(14(10,11)12)6-4-2-3-5-7-9/h7-8H,2-6H2,1H3,(H,10,11,12). The van der Waals surface area contributed by atoms with Gasteiger partial charge in [0.25, 0.3) is 10.1 Å². The maximum Gasteiger partial charge on any atom is 0.292 e. The Morgan fingerprint density at radius 1 is 1.36 bits per heavy atom. The summed E-state index contributed by atoms with van der Waals surface area (Å²) in [5, 5.41) is 0. The molecule has 0 amide bonds. The highest BCUT2D eigenvalue weighted by Crippen LogP contribution is 2.11. The maximum atomic E-state index is 10.7. The lowest BCUT2D eigenvalue weighted by Crippen LogP contribution is -2.22. The first-order valence-electron chi connectivity index (χ1n) is 4.45. The van der Waals surface area contributed by atoms with Crippen molar-refractivity contribution in [3.8, 4) is 0 Å². The van der Waals surface area contributed by atoms with Crippen molar-refractivity contribution in [2.24, 2.45) is 0 Å². The average molecular weight is 224 g/mol. The molecule has 5 nitrogen and oxygen atoms in total. The topological polar surface area (TPSA) is 80.7 Å². The molecule has 0 aliphatic heterocycles. The van der Waals surface area contributed by atoms with Crippen molar-refractivity contribution in [2.75, 3.05) is 7.11 Å². The molecule has 0 rings (SSSR count). The first-order valence-corrected chi connectivity index (χ1v) is 5.95. The van der Waals surface area contributed by atoms with Crippen LogP contribution in [0.15, 0.2) is 0 Å². The molecular weight excluding hydrogens is 208 g/mol. The van der Waals surface area contributed by atoms with Crippen molar-refractivity contribution < 1.29 is 22.5 Å². The molecule has 0 aromatic carbocycles. The van der Waals surface area contributed by atoms with E-state index < -0.39 is 15.6 Å². The summed E-state index contributed by atoms with van der Waals surface area (Å²) in [7, 11) is -2.86. The fourth-order valence-electron chi connectivity index (χ4n) is 1.10. The van der Waals surface area contributed by atoms with Crippen LogP contribution in [-0.2, 0) is 19.6 Å². The average Bonchev–Trinajstić information content (AvgIpc) is 2.09. The summed E-state index contributed by atoms with van der Waals surface area (Å²) in [4.78, 5) is 9.96. The molecule has 14 heavy (non-hydrogen) atoms. The summed E-state index contributed by atoms with van der Waals surface area (Å²) in [6, 6.07) is 0. The number of unbranched alkanes of at least 4 members (excludes halogenated alkanes) is 3. The SMILES string of the molecule is COC(CCCCCC=O)S(=O)(=O)O. The Hall–Kier alpha value is -0.460. The highest BCUT2D eigenvalue weighted by atomic mass is 32.2. The van der Waals surface area contributed by atoms with E-state index in [4.69, 9.17) is 4.55 Å². The predicted octanol–water partition coefficient (Wildman–Crippen LogP) is 0.996. The minimum Gasteiger partial charge on any atom is -0.363 e. The van der Waals surface area contributed by atoms with E-state index in [9.17, 15) is 13.2 Å². The van der Waals surface area contributed by atoms with Crippen molar-refractivity contribution >= 4 is 16.4 Å². The van der Waals surface area contributed by atoms with E-state index in [1.165, 1.54) is 7.11 Å². The zero-order valence-electron chi connectivity index (χ0n) is 8.18. The van der Waals surface area contributed by atoms with Gasteiger partial charge in [0, 0.05) is 13.5 Å². The van der Waals surface area contributed by atoms with Crippen LogP contribution in [0.5, 0.6) is 0 Å². The third-order valence-corrected chi connectivity index (χ3v) is 2.95. The van der Waals surface area contributed by atoms with Crippen molar-refractivity contribution in [1.29, 1.82) is 0 Å². The van der Waals surface area contributed by atoms with Crippen LogP contribution in [0.3, 0.4) is 0 Å². The molecule has 0 saturated heterocycles. The second-order valence-electron chi connectivity index (χ2n) is 2.98. The normalized spacial score (nSPS) is 13.9. The summed E-state index contributed by atoms with van der Waals surface area (Å²) < 4.78 is 34.6. The molecule has 0 bridgehead atoms. The largest absolute Gasteiger partial charge is 0.363 e. The molecular formula is C8H16O5S. The first-order chi connectivity index (χ1) is 6.52. The van der Waals surface area contributed by atoms with E-state index in [0.29, 0.717) is 12.8 Å². The number of aldehydes is 1. The van der Waals surface area contributed by atoms with Crippen LogP contribution in [-0.4, -0.2) is 31.8 Å². The molecule has 1 atom stereocenters. The molecule has 0 fully saturated rings. The number of hydrogen-bond acceptors (Lipinski definition) is 4. The minimum atomic E-state index is -4.10. The fourth-order valence-corrected chi connectivity index (χ4v) is 1.81. The number of ether oxygens (including phenoxy) is 1. The van der Waals surface area contributed by atoms with Crippen molar-refractivity contribution in [3.63, 3.8) is 0 Å². The number of hydrogen-bond donors (Lipinski definition) is 1. The lowest BCUT2D eigenvalue weighted by atomic mass is 10.2. The molecule has 1 N–H and O–H groups in total. The lowest BCUT2D eigenvalue weighted by Gasteiger charge is -2.10. The van der Waals surface area contributed by atoms with Gasteiger partial charge in [0.15, 0.2) is 5.44 Å². The van der Waals surface area contributed by atoms with Crippen LogP contribution >= 0.6 is 0 Å². The highest BCUT2D eigenvalue weighted by molar-refractivity contribution is 7.86. The van der Waals surface area contributed by atoms with Crippen LogP contribution in [0.4, 0.5) is 0 Å². The second kappa shape index (κ2) is 6.92. The van der Waals surface area contributed by atoms with Crippen LogP contribution in [0.25, 0.3) is 0 Å². The van der Waals surface area contributed by atoms with Crippen molar-refractivity contribution in [3.05, 3.63) is 0 Å². The second-order valence-corrected chi connectivity index (χ2v) is 4.54. The third-order valence-electron chi connectivity index (χ3n) is 1.86. The van der Waals surface area contributed by atoms with Gasteiger partial charge in [-0.15, -0.1) is 0 Å². The van der Waals surface area contributed by atoms with E-state index in [2.05, 4.69) is 4.74 Å². The van der Waals surface area contributed by atoms with Gasteiger partial charge in [-0.05, 0) is 19.3 Å². The van der Waals surface area contributed by atoms with Gasteiger partial charge in [-0.2, -0.15) is 8.42 Å². The zero-order valence-corrected chi connectivity index (χ0v) is 9.00. The molecule has 0 aromatic rings. The molecule has 0 saturated carbocycles. The first kappa shape index (κ1) is 13.5. The van der Waals surface area contributed by atoms with Gasteiger partial charge in [0.05, 0.1) is 0 Å². The lowest BCUT2D eigenvalue weighted by molar-refractivity contribution is -0.107. The predicted molar refractivity (Wildman–Crippen MR) is 51.5 cm³/mol. The number of methoxy groups -OCH3 is 1. The Morgan fingerprint density at radius 2 is 2.00 bits per heavy atom. The number of rotatable bonds is 8. The van der Waals surface area contributed by atoms with Gasteiger partial charge in [0.1, 0.15) is 6.29 Å². The monoisotopic (exact) mass is 224 g/mol. The van der Waals surface area contributed by atoms with E-state index in [1.54, 1.807) is 0 Å². The fraction of sp³-hybridized carbons (Fsp3) is 0.875. The van der Waals surface area contributed by atoms with E-state index in [-0.39, 0.29) is 6.42 Å². The van der Waals surface area contributed by atoms with Crippen molar-refractivity contribution in [1.82, 2.24) is 0 Å². The Balaban J connectivity index is 3.70. The molecule has 84 valence electrons. The van der Waals surface area contributed by atoms with Crippen molar-refractivity contribution in [2.45, 2.75) is 37.5 Å². The quantitative estimate of drug-likeness (QED) is 0.378. The molecule has 0 radical (unpaired) electrons. The molecule has 0 heterocycles. The molecule has 0 aliphatic carbocycles. The molecule has 6 heteroatoms. The van der Waals surface area contributed by atoms with Crippen LogP contribution in [0.2, 0.25) is 0 Å². The van der Waals surface area contributed by atoms with E-state index >= 15 is 0 Å². The van der Waals surface area contributed by atoms with Gasteiger partial charge in [-0.1, -0.05) is 6.42 Å². The summed E-state index contributed by atoms with van der Waals surface area (Å²) >= 11 is 0. The Bertz CT molecular complexity index is 246. The Kier molecular flexibility index (Phi) is 6.69. The van der Waals surface area contributed by atoms with Crippen LogP contribution in [0.1, 0.15) is 32.1 Å². The Labute approximate surface area is 84.2 Å². The summed E-state index contributed by atoms with van der Waals surface area (Å²) in [6.45, 7) is 0. The zero-order chi connectivity index (χ0) is 11.0. The van der Waals surface area contributed by atoms with Gasteiger partial charge in [-0.3, -0.25) is 4.55 Å². The molecule has 0 aromatic heterocycles. The highest BCUT2D eigenvalue weighted by Gasteiger charge is 2.21. The third kappa shape index (κ3) is 6.06. The Morgan fingerprint density at radius 3 is 2.43 bits per heavy atom. The minimum absolute atomic E-state index is 0.258. The van der Waals surface area contributed by atoms with E-state index in [1.807, 2.05) is 0 Å². The molecule has 1 unspecified atom stereocenters.